The minimum atomic E-state index is -0.218. The summed E-state index contributed by atoms with van der Waals surface area (Å²) in [4.78, 5) is 11.9. The second kappa shape index (κ2) is 4.29. The Bertz CT molecular complexity index is 561. The molecule has 0 saturated carbocycles. The van der Waals surface area contributed by atoms with E-state index in [2.05, 4.69) is 15.5 Å². The van der Waals surface area contributed by atoms with E-state index in [1.54, 1.807) is 19.1 Å². The molecule has 2 aromatic rings. The molecule has 3 N–H and O–H groups in total. The number of anilines is 1. The molecule has 1 aromatic carbocycles. The van der Waals surface area contributed by atoms with Crippen LogP contribution in [0.15, 0.2) is 24.4 Å². The van der Waals surface area contributed by atoms with Crippen molar-refractivity contribution in [2.75, 3.05) is 5.32 Å². The number of carbonyl (C=O) groups is 1. The topological polar surface area (TPSA) is 78.0 Å². The van der Waals surface area contributed by atoms with Crippen molar-refractivity contribution in [2.45, 2.75) is 13.8 Å². The summed E-state index contributed by atoms with van der Waals surface area (Å²) in [6.07, 6.45) is 1.49. The number of hydrogen-bond acceptors (Lipinski definition) is 3. The van der Waals surface area contributed by atoms with Gasteiger partial charge < -0.3 is 10.4 Å². The van der Waals surface area contributed by atoms with Crippen molar-refractivity contribution in [3.63, 3.8) is 0 Å². The summed E-state index contributed by atoms with van der Waals surface area (Å²) >= 11 is 0. The van der Waals surface area contributed by atoms with Crippen molar-refractivity contribution in [2.24, 2.45) is 0 Å². The Morgan fingerprint density at radius 1 is 1.41 bits per heavy atom. The minimum Gasteiger partial charge on any atom is -0.508 e. The highest BCUT2D eigenvalue weighted by Gasteiger charge is 2.11. The minimum absolute atomic E-state index is 0.181. The first kappa shape index (κ1) is 11.2. The average Bonchev–Trinajstić information content (AvgIpc) is 2.68. The summed E-state index contributed by atoms with van der Waals surface area (Å²) in [6.45, 7) is 3.60. The Hall–Kier alpha value is -2.30. The van der Waals surface area contributed by atoms with E-state index >= 15 is 0 Å². The summed E-state index contributed by atoms with van der Waals surface area (Å²) in [7, 11) is 0. The molecule has 0 aliphatic heterocycles. The summed E-state index contributed by atoms with van der Waals surface area (Å²) < 4.78 is 0. The Kier molecular flexibility index (Phi) is 2.82. The fraction of sp³-hybridized carbons (Fsp3) is 0.167. The summed E-state index contributed by atoms with van der Waals surface area (Å²) in [5, 5.41) is 18.5. The van der Waals surface area contributed by atoms with Crippen LogP contribution in [0, 0.1) is 13.8 Å². The highest BCUT2D eigenvalue weighted by Crippen LogP contribution is 2.20. The van der Waals surface area contributed by atoms with E-state index in [-0.39, 0.29) is 11.7 Å². The fourth-order valence-electron chi connectivity index (χ4n) is 1.56. The maximum atomic E-state index is 11.9. The van der Waals surface area contributed by atoms with Crippen molar-refractivity contribution < 1.29 is 9.90 Å². The van der Waals surface area contributed by atoms with Crippen LogP contribution >= 0.6 is 0 Å². The van der Waals surface area contributed by atoms with Crippen LogP contribution < -0.4 is 5.32 Å². The van der Waals surface area contributed by atoms with Crippen molar-refractivity contribution in [1.29, 1.82) is 0 Å². The third-order valence-electron chi connectivity index (χ3n) is 2.53. The second-order valence-electron chi connectivity index (χ2n) is 3.86. The van der Waals surface area contributed by atoms with Gasteiger partial charge >= 0.3 is 0 Å². The normalized spacial score (nSPS) is 10.2. The number of aromatic hydroxyl groups is 1. The van der Waals surface area contributed by atoms with E-state index in [0.717, 1.165) is 11.3 Å². The van der Waals surface area contributed by atoms with E-state index in [0.29, 0.717) is 11.3 Å². The number of hydrogen-bond donors (Lipinski definition) is 3. The molecule has 5 nitrogen and oxygen atoms in total. The highest BCUT2D eigenvalue weighted by molar-refractivity contribution is 6.05. The van der Waals surface area contributed by atoms with Gasteiger partial charge in [0.15, 0.2) is 0 Å². The van der Waals surface area contributed by atoms with Crippen molar-refractivity contribution in [3.05, 3.63) is 41.2 Å². The molecule has 0 saturated heterocycles. The number of aromatic nitrogens is 2. The fourth-order valence-corrected chi connectivity index (χ4v) is 1.56. The predicted octanol–water partition coefficient (Wildman–Crippen LogP) is 1.98. The zero-order chi connectivity index (χ0) is 12.4. The molecule has 0 atom stereocenters. The molecular formula is C12H13N3O2. The van der Waals surface area contributed by atoms with E-state index in [9.17, 15) is 9.90 Å². The summed E-state index contributed by atoms with van der Waals surface area (Å²) in [5.74, 6) is -0.0370. The summed E-state index contributed by atoms with van der Waals surface area (Å²) in [5.41, 5.74) is 2.71. The van der Waals surface area contributed by atoms with Crippen LogP contribution in [0.4, 0.5) is 5.69 Å². The summed E-state index contributed by atoms with van der Waals surface area (Å²) in [6, 6.07) is 4.79. The third kappa shape index (κ3) is 2.28. The van der Waals surface area contributed by atoms with Crippen LogP contribution in [0.1, 0.15) is 21.6 Å². The number of aryl methyl sites for hydroxylation is 2. The zero-order valence-electron chi connectivity index (χ0n) is 9.61. The lowest BCUT2D eigenvalue weighted by atomic mass is 10.1. The molecular weight excluding hydrogens is 218 g/mol. The smallest absolute Gasteiger partial charge is 0.259 e. The molecule has 0 fully saturated rings. The third-order valence-corrected chi connectivity index (χ3v) is 2.53. The molecule has 2 rings (SSSR count). The van der Waals surface area contributed by atoms with E-state index in [1.165, 1.54) is 12.3 Å². The van der Waals surface area contributed by atoms with Gasteiger partial charge in [0.2, 0.25) is 0 Å². The average molecular weight is 231 g/mol. The first-order valence-corrected chi connectivity index (χ1v) is 5.19. The van der Waals surface area contributed by atoms with Gasteiger partial charge in [0, 0.05) is 11.4 Å². The lowest BCUT2D eigenvalue weighted by molar-refractivity contribution is 0.102. The quantitative estimate of drug-likeness (QED) is 0.691. The maximum absolute atomic E-state index is 11.9. The number of aromatic amines is 1. The number of benzene rings is 1. The standard InChI is InChI=1S/C12H13N3O2/c1-7-5-9(16)3-4-11(7)14-12(17)10-6-13-15-8(10)2/h3-6,16H,1-2H3,(H,13,15)(H,14,17). The number of phenols is 1. The molecule has 0 unspecified atom stereocenters. The predicted molar refractivity (Wildman–Crippen MR) is 64.1 cm³/mol. The van der Waals surface area contributed by atoms with Crippen LogP contribution in [-0.2, 0) is 0 Å². The number of amides is 1. The number of nitrogens with one attached hydrogen (secondary N) is 2. The highest BCUT2D eigenvalue weighted by atomic mass is 16.3. The molecule has 0 radical (unpaired) electrons. The molecule has 5 heteroatoms. The van der Waals surface area contributed by atoms with E-state index in [1.807, 2.05) is 6.92 Å². The van der Waals surface area contributed by atoms with Gasteiger partial charge in [-0.15, -0.1) is 0 Å². The second-order valence-corrected chi connectivity index (χ2v) is 3.86. The lowest BCUT2D eigenvalue weighted by Gasteiger charge is -2.08. The van der Waals surface area contributed by atoms with Gasteiger partial charge in [0.05, 0.1) is 11.8 Å². The van der Waals surface area contributed by atoms with Crippen LogP contribution in [0.2, 0.25) is 0 Å². The first-order chi connectivity index (χ1) is 8.08. The van der Waals surface area contributed by atoms with Gasteiger partial charge in [-0.2, -0.15) is 5.10 Å². The van der Waals surface area contributed by atoms with Crippen molar-refractivity contribution in [3.8, 4) is 5.75 Å². The maximum Gasteiger partial charge on any atom is 0.259 e. The first-order valence-electron chi connectivity index (χ1n) is 5.19. The molecule has 0 spiro atoms. The van der Waals surface area contributed by atoms with E-state index < -0.39 is 0 Å². The Morgan fingerprint density at radius 2 is 2.18 bits per heavy atom. The van der Waals surface area contributed by atoms with Crippen LogP contribution in [0.3, 0.4) is 0 Å². The number of phenolic OH excluding ortho intramolecular Hbond substituents is 1. The molecule has 0 aliphatic rings. The largest absolute Gasteiger partial charge is 0.508 e. The number of carbonyl (C=O) groups excluding carboxylic acids is 1. The number of H-pyrrole nitrogens is 1. The molecule has 1 heterocycles. The van der Waals surface area contributed by atoms with Gasteiger partial charge in [-0.1, -0.05) is 0 Å². The Morgan fingerprint density at radius 3 is 2.76 bits per heavy atom. The number of nitrogens with zero attached hydrogens (tertiary/aromatic N) is 1. The van der Waals surface area contributed by atoms with Gasteiger partial charge in [0.1, 0.15) is 5.75 Å². The van der Waals surface area contributed by atoms with Crippen molar-refractivity contribution >= 4 is 11.6 Å². The van der Waals surface area contributed by atoms with Gasteiger partial charge in [-0.25, -0.2) is 0 Å². The number of rotatable bonds is 2. The monoisotopic (exact) mass is 231 g/mol. The van der Waals surface area contributed by atoms with Crippen LogP contribution in [0.25, 0.3) is 0 Å². The molecule has 0 aliphatic carbocycles. The van der Waals surface area contributed by atoms with Crippen molar-refractivity contribution in [1.82, 2.24) is 10.2 Å². The van der Waals surface area contributed by atoms with Crippen LogP contribution in [0.5, 0.6) is 5.75 Å². The molecule has 88 valence electrons. The van der Waals surface area contributed by atoms with E-state index in [4.69, 9.17) is 0 Å². The Labute approximate surface area is 98.5 Å². The van der Waals surface area contributed by atoms with Gasteiger partial charge in [-0.05, 0) is 37.6 Å². The molecule has 1 aromatic heterocycles. The molecule has 0 bridgehead atoms. The Balaban J connectivity index is 2.22. The molecule has 17 heavy (non-hydrogen) atoms. The van der Waals surface area contributed by atoms with Crippen LogP contribution in [-0.4, -0.2) is 21.2 Å². The molecule has 1 amide bonds. The van der Waals surface area contributed by atoms with Gasteiger partial charge in [-0.3, -0.25) is 9.89 Å². The SMILES string of the molecule is Cc1cc(O)ccc1NC(=O)c1cn[nH]c1C. The zero-order valence-corrected chi connectivity index (χ0v) is 9.61. The lowest BCUT2D eigenvalue weighted by Crippen LogP contribution is -2.13. The van der Waals surface area contributed by atoms with Gasteiger partial charge in [0.25, 0.3) is 5.91 Å².